The van der Waals surface area contributed by atoms with Crippen molar-refractivity contribution < 1.29 is 22.8 Å². The van der Waals surface area contributed by atoms with E-state index in [2.05, 4.69) is 20.5 Å². The van der Waals surface area contributed by atoms with Crippen molar-refractivity contribution >= 4 is 49.3 Å². The Bertz CT molecular complexity index is 1630. The van der Waals surface area contributed by atoms with Gasteiger partial charge < -0.3 is 15.6 Å². The number of aryl methyl sites for hydroxylation is 2. The average molecular weight is 506 g/mol. The number of anilines is 1. The lowest BCUT2D eigenvalue weighted by Gasteiger charge is -2.12. The molecular formula is C25H23N5O5S. The number of aromatic hydroxyl groups is 1. The molecule has 0 aromatic heterocycles. The number of fused-ring (bicyclic) bond motifs is 1. The van der Waals surface area contributed by atoms with Crippen LogP contribution in [0.3, 0.4) is 0 Å². The molecule has 0 atom stereocenters. The fraction of sp³-hybridized carbons (Fsp3) is 0.120. The summed E-state index contributed by atoms with van der Waals surface area (Å²) in [4.78, 5) is -0.540. The van der Waals surface area contributed by atoms with E-state index in [1.54, 1.807) is 24.3 Å². The fourth-order valence-electron chi connectivity index (χ4n) is 3.55. The third-order valence-electron chi connectivity index (χ3n) is 5.41. The van der Waals surface area contributed by atoms with Crippen molar-refractivity contribution in [3.05, 3.63) is 71.8 Å². The Labute approximate surface area is 207 Å². The molecule has 0 aliphatic rings. The summed E-state index contributed by atoms with van der Waals surface area (Å²) < 4.78 is 39.3. The molecule has 0 bridgehead atoms. The highest BCUT2D eigenvalue weighted by Crippen LogP contribution is 2.45. The Balaban J connectivity index is 1.87. The Morgan fingerprint density at radius 2 is 1.50 bits per heavy atom. The normalized spacial score (nSPS) is 12.1. The van der Waals surface area contributed by atoms with Gasteiger partial charge in [-0.1, -0.05) is 29.8 Å². The molecule has 0 amide bonds. The van der Waals surface area contributed by atoms with E-state index < -0.39 is 15.0 Å². The van der Waals surface area contributed by atoms with Gasteiger partial charge in [0.05, 0.1) is 23.9 Å². The van der Waals surface area contributed by atoms with Gasteiger partial charge in [-0.25, -0.2) is 0 Å². The molecule has 0 radical (unpaired) electrons. The number of phenols is 1. The zero-order valence-corrected chi connectivity index (χ0v) is 20.5. The number of hydrogen-bond acceptors (Lipinski definition) is 9. The van der Waals surface area contributed by atoms with Crippen LogP contribution >= 0.6 is 0 Å². The Morgan fingerprint density at radius 1 is 0.833 bits per heavy atom. The molecule has 0 aliphatic heterocycles. The quantitative estimate of drug-likeness (QED) is 0.148. The number of nitrogens with zero attached hydrogens (tertiary/aromatic N) is 4. The average Bonchev–Trinajstić information content (AvgIpc) is 2.83. The third kappa shape index (κ3) is 5.02. The zero-order valence-electron chi connectivity index (χ0n) is 19.7. The van der Waals surface area contributed by atoms with Crippen LogP contribution in [0, 0.1) is 13.8 Å². The molecule has 0 unspecified atom stereocenters. The lowest BCUT2D eigenvalue weighted by atomic mass is 10.1. The lowest BCUT2D eigenvalue weighted by molar-refractivity contribution is 0.415. The molecule has 11 heteroatoms. The van der Waals surface area contributed by atoms with Gasteiger partial charge in [0.15, 0.2) is 5.75 Å². The smallest absolute Gasteiger partial charge is 0.296 e. The number of hydrogen-bond donors (Lipinski definition) is 3. The van der Waals surface area contributed by atoms with Crippen LogP contribution in [-0.2, 0) is 10.1 Å². The second-order valence-corrected chi connectivity index (χ2v) is 9.44. The highest BCUT2D eigenvalue weighted by atomic mass is 32.2. The minimum absolute atomic E-state index is 0.0822. The van der Waals surface area contributed by atoms with Crippen molar-refractivity contribution in [1.82, 2.24) is 0 Å². The number of benzene rings is 4. The third-order valence-corrected chi connectivity index (χ3v) is 6.28. The number of phenolic OH excluding ortho intramolecular Hbond substituents is 1. The fourth-order valence-corrected chi connectivity index (χ4v) is 4.22. The number of nitrogen functional groups attached to an aromatic ring is 1. The molecule has 4 aromatic carbocycles. The SMILES string of the molecule is COc1ccc(C)cc1N=Nc1ccc2cc(S(=O)(=O)O)c(N=Nc3ccc(C)cc3)c(N)c2c1O. The molecule has 0 saturated heterocycles. The van der Waals surface area contributed by atoms with E-state index in [-0.39, 0.29) is 33.6 Å². The van der Waals surface area contributed by atoms with Gasteiger partial charge in [-0.3, -0.25) is 4.55 Å². The van der Waals surface area contributed by atoms with Gasteiger partial charge in [-0.2, -0.15) is 13.5 Å². The Hall–Kier alpha value is -4.35. The molecule has 0 heterocycles. The first-order valence-corrected chi connectivity index (χ1v) is 12.1. The van der Waals surface area contributed by atoms with E-state index in [1.807, 2.05) is 32.0 Å². The molecule has 184 valence electrons. The zero-order chi connectivity index (χ0) is 26.0. The Kier molecular flexibility index (Phi) is 6.69. The molecule has 4 N–H and O–H groups in total. The van der Waals surface area contributed by atoms with Gasteiger partial charge in [0.1, 0.15) is 27.7 Å². The number of azo groups is 2. The summed E-state index contributed by atoms with van der Waals surface area (Å²) in [5.74, 6) is 0.162. The van der Waals surface area contributed by atoms with E-state index in [1.165, 1.54) is 19.2 Å². The summed E-state index contributed by atoms with van der Waals surface area (Å²) in [6.45, 7) is 3.80. The van der Waals surface area contributed by atoms with Crippen LogP contribution in [0.15, 0.2) is 86.0 Å². The molecule has 0 fully saturated rings. The summed E-state index contributed by atoms with van der Waals surface area (Å²) >= 11 is 0. The number of ether oxygens (including phenoxy) is 1. The van der Waals surface area contributed by atoms with E-state index in [9.17, 15) is 18.1 Å². The van der Waals surface area contributed by atoms with Gasteiger partial charge >= 0.3 is 0 Å². The largest absolute Gasteiger partial charge is 0.505 e. The van der Waals surface area contributed by atoms with Crippen LogP contribution in [0.25, 0.3) is 10.8 Å². The topological polar surface area (TPSA) is 159 Å². The summed E-state index contributed by atoms with van der Waals surface area (Å²) in [6.07, 6.45) is 0. The van der Waals surface area contributed by atoms with Crippen LogP contribution in [0.1, 0.15) is 11.1 Å². The molecule has 36 heavy (non-hydrogen) atoms. The molecule has 0 spiro atoms. The lowest BCUT2D eigenvalue weighted by Crippen LogP contribution is -2.01. The highest BCUT2D eigenvalue weighted by Gasteiger charge is 2.23. The van der Waals surface area contributed by atoms with Crippen LogP contribution in [0.5, 0.6) is 11.5 Å². The maximum absolute atomic E-state index is 12.1. The molecule has 4 rings (SSSR count). The number of rotatable bonds is 6. The second kappa shape index (κ2) is 9.72. The molecule has 0 aliphatic carbocycles. The van der Waals surface area contributed by atoms with Crippen LogP contribution in [0.2, 0.25) is 0 Å². The van der Waals surface area contributed by atoms with Crippen molar-refractivity contribution in [1.29, 1.82) is 0 Å². The maximum Gasteiger partial charge on any atom is 0.296 e. The predicted octanol–water partition coefficient (Wildman–Crippen LogP) is 6.83. The van der Waals surface area contributed by atoms with E-state index in [4.69, 9.17) is 10.5 Å². The first kappa shape index (κ1) is 24.8. The maximum atomic E-state index is 12.1. The van der Waals surface area contributed by atoms with Gasteiger partial charge in [0, 0.05) is 0 Å². The second-order valence-electron chi connectivity index (χ2n) is 8.05. The van der Waals surface area contributed by atoms with Gasteiger partial charge in [0.25, 0.3) is 10.1 Å². The summed E-state index contributed by atoms with van der Waals surface area (Å²) in [6, 6.07) is 16.5. The van der Waals surface area contributed by atoms with Crippen molar-refractivity contribution in [3.63, 3.8) is 0 Å². The van der Waals surface area contributed by atoms with Gasteiger partial charge in [-0.05, 0) is 61.2 Å². The van der Waals surface area contributed by atoms with Crippen molar-refractivity contribution in [2.45, 2.75) is 18.7 Å². The summed E-state index contributed by atoms with van der Waals surface area (Å²) in [5.41, 5.74) is 8.69. The van der Waals surface area contributed by atoms with Crippen molar-refractivity contribution in [2.75, 3.05) is 12.8 Å². The van der Waals surface area contributed by atoms with Crippen molar-refractivity contribution in [3.8, 4) is 11.5 Å². The van der Waals surface area contributed by atoms with E-state index >= 15 is 0 Å². The first-order chi connectivity index (χ1) is 17.1. The first-order valence-electron chi connectivity index (χ1n) is 10.7. The molecular weight excluding hydrogens is 482 g/mol. The monoisotopic (exact) mass is 505 g/mol. The van der Waals surface area contributed by atoms with Crippen LogP contribution in [0.4, 0.5) is 28.4 Å². The number of nitrogens with two attached hydrogens (primary N) is 1. The van der Waals surface area contributed by atoms with E-state index in [0.717, 1.165) is 17.2 Å². The van der Waals surface area contributed by atoms with Crippen LogP contribution in [-0.4, -0.2) is 25.2 Å². The van der Waals surface area contributed by atoms with Gasteiger partial charge in [0.2, 0.25) is 0 Å². The standard InChI is InChI=1S/C25H23N5O5S/c1-14-4-8-17(9-5-14)27-30-24-21(36(32,33)34)13-16-7-10-18(25(31)22(16)23(24)26)28-29-19-12-15(2)6-11-20(19)35-3/h4-13,31H,26H2,1-3H3,(H,32,33,34). The predicted molar refractivity (Wildman–Crippen MR) is 137 cm³/mol. The minimum Gasteiger partial charge on any atom is -0.505 e. The number of methoxy groups -OCH3 is 1. The summed E-state index contributed by atoms with van der Waals surface area (Å²) in [5, 5.41) is 27.7. The molecule has 10 nitrogen and oxygen atoms in total. The molecule has 0 saturated carbocycles. The minimum atomic E-state index is -4.71. The van der Waals surface area contributed by atoms with Crippen LogP contribution < -0.4 is 10.5 Å². The highest BCUT2D eigenvalue weighted by molar-refractivity contribution is 7.86. The van der Waals surface area contributed by atoms with Crippen molar-refractivity contribution in [2.24, 2.45) is 20.5 Å². The molecule has 4 aromatic rings. The van der Waals surface area contributed by atoms with Gasteiger partial charge in [-0.15, -0.1) is 15.3 Å². The Morgan fingerprint density at radius 3 is 2.17 bits per heavy atom. The summed E-state index contributed by atoms with van der Waals surface area (Å²) in [7, 11) is -3.20. The van der Waals surface area contributed by atoms with E-state index in [0.29, 0.717) is 17.1 Å².